The van der Waals surface area contributed by atoms with Gasteiger partial charge < -0.3 is 4.90 Å². The molecule has 1 aliphatic heterocycles. The monoisotopic (exact) mass is 312 g/mol. The van der Waals surface area contributed by atoms with Crippen LogP contribution in [0.2, 0.25) is 0 Å². The summed E-state index contributed by atoms with van der Waals surface area (Å²) >= 11 is 1.88. The highest BCUT2D eigenvalue weighted by atomic mass is 32.2. The lowest BCUT2D eigenvalue weighted by Gasteiger charge is -2.31. The number of thioether (sulfide) groups is 1. The van der Waals surface area contributed by atoms with E-state index in [0.717, 1.165) is 25.3 Å². The van der Waals surface area contributed by atoms with Crippen molar-refractivity contribution in [1.29, 1.82) is 0 Å². The molecular formula is C19H24N2S. The highest BCUT2D eigenvalue weighted by Gasteiger charge is 2.19. The van der Waals surface area contributed by atoms with Crippen LogP contribution < -0.4 is 4.90 Å². The van der Waals surface area contributed by atoms with Gasteiger partial charge in [-0.05, 0) is 36.1 Å². The number of pyridine rings is 1. The fraction of sp³-hybridized carbons (Fsp3) is 0.421. The molecule has 2 heterocycles. The molecule has 3 heteroatoms. The molecular weight excluding hydrogens is 288 g/mol. The lowest BCUT2D eigenvalue weighted by molar-refractivity contribution is 0.717. The maximum atomic E-state index is 4.76. The molecule has 2 aromatic rings. The number of anilines is 1. The molecule has 0 radical (unpaired) electrons. The van der Waals surface area contributed by atoms with Gasteiger partial charge in [0.05, 0.1) is 0 Å². The lowest BCUT2D eigenvalue weighted by atomic mass is 10.00. The van der Waals surface area contributed by atoms with Gasteiger partial charge in [-0.2, -0.15) is 0 Å². The van der Waals surface area contributed by atoms with Gasteiger partial charge in [-0.25, -0.2) is 4.98 Å². The summed E-state index contributed by atoms with van der Waals surface area (Å²) in [5, 5.41) is 0. The quantitative estimate of drug-likeness (QED) is 0.738. The molecule has 2 nitrogen and oxygen atoms in total. The summed E-state index contributed by atoms with van der Waals surface area (Å²) in [5.74, 6) is 1.13. The Morgan fingerprint density at radius 1 is 1.14 bits per heavy atom. The van der Waals surface area contributed by atoms with Crippen LogP contribution >= 0.6 is 11.8 Å². The van der Waals surface area contributed by atoms with Gasteiger partial charge >= 0.3 is 0 Å². The second-order valence-electron chi connectivity index (χ2n) is 6.97. The van der Waals surface area contributed by atoms with Gasteiger partial charge in [0.2, 0.25) is 0 Å². The van der Waals surface area contributed by atoms with E-state index < -0.39 is 0 Å². The van der Waals surface area contributed by atoms with Crippen molar-refractivity contribution in [3.63, 3.8) is 0 Å². The second kappa shape index (κ2) is 5.96. The zero-order valence-electron chi connectivity index (χ0n) is 13.9. The van der Waals surface area contributed by atoms with Gasteiger partial charge in [-0.1, -0.05) is 45.0 Å². The first-order valence-electron chi connectivity index (χ1n) is 7.90. The standard InChI is InChI=1S/C19H24N2S/c1-14-11-17(22-19(2,3)4)12-20-18(14)21-10-9-15-7-5-6-8-16(15)13-21/h5-8,11-12H,9-10,13H2,1-4H3. The zero-order chi connectivity index (χ0) is 15.7. The summed E-state index contributed by atoms with van der Waals surface area (Å²) in [6.45, 7) is 10.9. The SMILES string of the molecule is Cc1cc(SC(C)(C)C)cnc1N1CCc2ccccc2C1. The predicted molar refractivity (Wildman–Crippen MR) is 95.8 cm³/mol. The van der Waals surface area contributed by atoms with E-state index in [0.29, 0.717) is 0 Å². The van der Waals surface area contributed by atoms with Gasteiger partial charge in [-0.3, -0.25) is 0 Å². The maximum Gasteiger partial charge on any atom is 0.131 e. The number of hydrogen-bond donors (Lipinski definition) is 0. The molecule has 0 atom stereocenters. The minimum absolute atomic E-state index is 0.222. The molecule has 0 amide bonds. The highest BCUT2D eigenvalue weighted by Crippen LogP contribution is 2.34. The lowest BCUT2D eigenvalue weighted by Crippen LogP contribution is -2.31. The molecule has 3 rings (SSSR count). The van der Waals surface area contributed by atoms with E-state index in [1.54, 1.807) is 0 Å². The minimum atomic E-state index is 0.222. The van der Waals surface area contributed by atoms with Crippen molar-refractivity contribution in [3.8, 4) is 0 Å². The molecule has 0 spiro atoms. The van der Waals surface area contributed by atoms with Crippen molar-refractivity contribution in [2.45, 2.75) is 50.3 Å². The zero-order valence-corrected chi connectivity index (χ0v) is 14.7. The first-order chi connectivity index (χ1) is 10.4. The van der Waals surface area contributed by atoms with Crippen LogP contribution in [0.5, 0.6) is 0 Å². The van der Waals surface area contributed by atoms with Gasteiger partial charge in [0.25, 0.3) is 0 Å². The second-order valence-corrected chi connectivity index (χ2v) is 8.87. The topological polar surface area (TPSA) is 16.1 Å². The van der Waals surface area contributed by atoms with E-state index in [1.807, 2.05) is 18.0 Å². The van der Waals surface area contributed by atoms with E-state index in [1.165, 1.54) is 21.6 Å². The van der Waals surface area contributed by atoms with Crippen LogP contribution in [0.25, 0.3) is 0 Å². The van der Waals surface area contributed by atoms with Crippen molar-refractivity contribution >= 4 is 17.6 Å². The number of hydrogen-bond acceptors (Lipinski definition) is 3. The van der Waals surface area contributed by atoms with Crippen LogP contribution in [-0.2, 0) is 13.0 Å². The molecule has 1 aromatic carbocycles. The first-order valence-corrected chi connectivity index (χ1v) is 8.71. The Balaban J connectivity index is 1.81. The van der Waals surface area contributed by atoms with E-state index >= 15 is 0 Å². The number of rotatable bonds is 2. The Labute approximate surface area is 138 Å². The normalized spacial score (nSPS) is 14.8. The summed E-state index contributed by atoms with van der Waals surface area (Å²) in [4.78, 5) is 8.43. The molecule has 0 bridgehead atoms. The smallest absolute Gasteiger partial charge is 0.131 e. The van der Waals surface area contributed by atoms with Gasteiger partial charge in [-0.15, -0.1) is 11.8 Å². The molecule has 1 aromatic heterocycles. The maximum absolute atomic E-state index is 4.76. The minimum Gasteiger partial charge on any atom is -0.352 e. The van der Waals surface area contributed by atoms with Crippen molar-refractivity contribution < 1.29 is 0 Å². The summed E-state index contributed by atoms with van der Waals surface area (Å²) in [6, 6.07) is 11.0. The highest BCUT2D eigenvalue weighted by molar-refractivity contribution is 8.00. The van der Waals surface area contributed by atoms with E-state index in [4.69, 9.17) is 4.98 Å². The fourth-order valence-corrected chi connectivity index (χ4v) is 4.01. The number of benzene rings is 1. The number of nitrogens with zero attached hydrogens (tertiary/aromatic N) is 2. The van der Waals surface area contributed by atoms with Crippen LogP contribution in [0.4, 0.5) is 5.82 Å². The van der Waals surface area contributed by atoms with E-state index in [-0.39, 0.29) is 4.75 Å². The first kappa shape index (κ1) is 15.4. The van der Waals surface area contributed by atoms with Crippen LogP contribution in [-0.4, -0.2) is 16.3 Å². The summed E-state index contributed by atoms with van der Waals surface area (Å²) < 4.78 is 0.222. The third-order valence-electron chi connectivity index (χ3n) is 3.88. The largest absolute Gasteiger partial charge is 0.352 e. The predicted octanol–water partition coefficient (Wildman–Crippen LogP) is 4.84. The molecule has 0 aliphatic carbocycles. The van der Waals surface area contributed by atoms with Gasteiger partial charge in [0, 0.05) is 28.9 Å². The number of aryl methyl sites for hydroxylation is 1. The third-order valence-corrected chi connectivity index (χ3v) is 4.95. The van der Waals surface area contributed by atoms with Crippen LogP contribution in [0.1, 0.15) is 37.5 Å². The van der Waals surface area contributed by atoms with Crippen molar-refractivity contribution in [1.82, 2.24) is 4.98 Å². The Morgan fingerprint density at radius 3 is 2.55 bits per heavy atom. The van der Waals surface area contributed by atoms with Crippen LogP contribution in [0.15, 0.2) is 41.4 Å². The molecule has 116 valence electrons. The van der Waals surface area contributed by atoms with Gasteiger partial charge in [0.1, 0.15) is 5.82 Å². The summed E-state index contributed by atoms with van der Waals surface area (Å²) in [6.07, 6.45) is 3.13. The Morgan fingerprint density at radius 2 is 1.86 bits per heavy atom. The number of fused-ring (bicyclic) bond motifs is 1. The van der Waals surface area contributed by atoms with Crippen LogP contribution in [0, 0.1) is 6.92 Å². The molecule has 0 unspecified atom stereocenters. The Bertz CT molecular complexity index is 673. The molecule has 0 saturated carbocycles. The van der Waals surface area contributed by atoms with Crippen molar-refractivity contribution in [3.05, 3.63) is 53.2 Å². The Hall–Kier alpha value is -1.48. The average molecular weight is 312 g/mol. The summed E-state index contributed by atoms with van der Waals surface area (Å²) in [7, 11) is 0. The van der Waals surface area contributed by atoms with Crippen molar-refractivity contribution in [2.75, 3.05) is 11.4 Å². The Kier molecular flexibility index (Phi) is 4.18. The fourth-order valence-electron chi connectivity index (χ4n) is 2.96. The van der Waals surface area contributed by atoms with Crippen LogP contribution in [0.3, 0.4) is 0 Å². The van der Waals surface area contributed by atoms with E-state index in [2.05, 4.69) is 62.9 Å². The number of aromatic nitrogens is 1. The molecule has 0 saturated heterocycles. The molecule has 0 N–H and O–H groups in total. The van der Waals surface area contributed by atoms with Crippen molar-refractivity contribution in [2.24, 2.45) is 0 Å². The molecule has 22 heavy (non-hydrogen) atoms. The third kappa shape index (κ3) is 3.46. The van der Waals surface area contributed by atoms with Gasteiger partial charge in [0.15, 0.2) is 0 Å². The average Bonchev–Trinajstić information content (AvgIpc) is 2.45. The summed E-state index contributed by atoms with van der Waals surface area (Å²) in [5.41, 5.74) is 4.19. The molecule has 0 fully saturated rings. The van der Waals surface area contributed by atoms with E-state index in [9.17, 15) is 0 Å². The molecule has 1 aliphatic rings.